The number of benzene rings is 1. The third kappa shape index (κ3) is 3.16. The summed E-state index contributed by atoms with van der Waals surface area (Å²) in [5, 5.41) is 9.76. The van der Waals surface area contributed by atoms with Gasteiger partial charge in [0, 0.05) is 0 Å². The number of rotatable bonds is 6. The summed E-state index contributed by atoms with van der Waals surface area (Å²) >= 11 is 0. The van der Waals surface area contributed by atoms with Crippen molar-refractivity contribution in [1.82, 2.24) is 0 Å². The van der Waals surface area contributed by atoms with Gasteiger partial charge >= 0.3 is 0 Å². The summed E-state index contributed by atoms with van der Waals surface area (Å²) in [7, 11) is 0. The van der Waals surface area contributed by atoms with Gasteiger partial charge in [-0.3, -0.25) is 0 Å². The van der Waals surface area contributed by atoms with Gasteiger partial charge in [-0.25, -0.2) is 0 Å². The van der Waals surface area contributed by atoms with Crippen molar-refractivity contribution in [2.45, 2.75) is 46.5 Å². The Bertz CT molecular complexity index is 332. The van der Waals surface area contributed by atoms with Crippen molar-refractivity contribution in [3.05, 3.63) is 23.3 Å². The average molecular weight is 222 g/mol. The number of aryl methyl sites for hydroxylation is 2. The van der Waals surface area contributed by atoms with Gasteiger partial charge in [-0.15, -0.1) is 0 Å². The first-order valence-electron chi connectivity index (χ1n) is 6.20. The number of phenolic OH excluding ortho intramolecular Hbond substituents is 1. The monoisotopic (exact) mass is 222 g/mol. The third-order valence-electron chi connectivity index (χ3n) is 2.78. The fourth-order valence-corrected chi connectivity index (χ4v) is 1.67. The Labute approximate surface area is 98.3 Å². The predicted octanol–water partition coefficient (Wildman–Crippen LogP) is 3.70. The van der Waals surface area contributed by atoms with E-state index >= 15 is 0 Å². The molecule has 1 rings (SSSR count). The van der Waals surface area contributed by atoms with Crippen LogP contribution in [-0.2, 0) is 12.8 Å². The molecule has 90 valence electrons. The minimum atomic E-state index is 0.391. The van der Waals surface area contributed by atoms with E-state index in [1.807, 2.05) is 19.1 Å². The van der Waals surface area contributed by atoms with Gasteiger partial charge in [0.25, 0.3) is 0 Å². The van der Waals surface area contributed by atoms with Crippen LogP contribution in [0.5, 0.6) is 11.5 Å². The highest BCUT2D eigenvalue weighted by Gasteiger charge is 2.08. The zero-order valence-electron chi connectivity index (χ0n) is 10.5. The van der Waals surface area contributed by atoms with Gasteiger partial charge in [0.15, 0.2) is 0 Å². The molecule has 0 aliphatic rings. The minimum Gasteiger partial charge on any atom is -0.508 e. The van der Waals surface area contributed by atoms with Gasteiger partial charge in [-0.05, 0) is 42.5 Å². The van der Waals surface area contributed by atoms with E-state index in [4.69, 9.17) is 4.74 Å². The van der Waals surface area contributed by atoms with Crippen molar-refractivity contribution in [2.24, 2.45) is 0 Å². The molecule has 2 heteroatoms. The molecule has 0 fully saturated rings. The second kappa shape index (κ2) is 6.41. The smallest absolute Gasteiger partial charge is 0.123 e. The summed E-state index contributed by atoms with van der Waals surface area (Å²) < 4.78 is 5.75. The molecule has 0 unspecified atom stereocenters. The van der Waals surface area contributed by atoms with Gasteiger partial charge in [-0.1, -0.05) is 27.2 Å². The van der Waals surface area contributed by atoms with E-state index in [0.29, 0.717) is 5.75 Å². The quantitative estimate of drug-likeness (QED) is 0.744. The van der Waals surface area contributed by atoms with Crippen molar-refractivity contribution in [3.63, 3.8) is 0 Å². The molecule has 0 aromatic heterocycles. The van der Waals surface area contributed by atoms with Crippen LogP contribution in [0, 0.1) is 0 Å². The normalized spacial score (nSPS) is 10.4. The number of hydrogen-bond acceptors (Lipinski definition) is 2. The van der Waals surface area contributed by atoms with E-state index in [1.165, 1.54) is 0 Å². The topological polar surface area (TPSA) is 29.5 Å². The highest BCUT2D eigenvalue weighted by atomic mass is 16.5. The van der Waals surface area contributed by atoms with Crippen LogP contribution in [-0.4, -0.2) is 11.7 Å². The van der Waals surface area contributed by atoms with Crippen LogP contribution in [0.15, 0.2) is 12.1 Å². The second-order valence-corrected chi connectivity index (χ2v) is 4.00. The van der Waals surface area contributed by atoms with Crippen LogP contribution in [0.1, 0.15) is 44.7 Å². The van der Waals surface area contributed by atoms with Crippen LogP contribution in [0.4, 0.5) is 0 Å². The molecule has 0 atom stereocenters. The van der Waals surface area contributed by atoms with E-state index in [2.05, 4.69) is 13.8 Å². The first kappa shape index (κ1) is 12.9. The number of aromatic hydroxyl groups is 1. The summed E-state index contributed by atoms with van der Waals surface area (Å²) in [6, 6.07) is 3.81. The van der Waals surface area contributed by atoms with Crippen LogP contribution in [0.25, 0.3) is 0 Å². The summed E-state index contributed by atoms with van der Waals surface area (Å²) in [5.74, 6) is 1.33. The zero-order chi connectivity index (χ0) is 12.0. The maximum atomic E-state index is 9.76. The number of phenols is 1. The molecule has 0 bridgehead atoms. The molecule has 0 amide bonds. The van der Waals surface area contributed by atoms with Gasteiger partial charge in [0.1, 0.15) is 11.5 Å². The van der Waals surface area contributed by atoms with Crippen LogP contribution in [0.3, 0.4) is 0 Å². The minimum absolute atomic E-state index is 0.391. The Kier molecular flexibility index (Phi) is 5.17. The fraction of sp³-hybridized carbons (Fsp3) is 0.571. The van der Waals surface area contributed by atoms with E-state index in [1.54, 1.807) is 0 Å². The molecule has 0 radical (unpaired) electrons. The Morgan fingerprint density at radius 3 is 2.31 bits per heavy atom. The summed E-state index contributed by atoms with van der Waals surface area (Å²) in [6.45, 7) is 7.03. The Morgan fingerprint density at radius 2 is 1.75 bits per heavy atom. The maximum absolute atomic E-state index is 9.76. The molecule has 2 nitrogen and oxygen atoms in total. The van der Waals surface area contributed by atoms with Crippen molar-refractivity contribution >= 4 is 0 Å². The number of unbranched alkanes of at least 4 members (excludes halogenated alkanes) is 1. The summed E-state index contributed by atoms with van der Waals surface area (Å²) in [4.78, 5) is 0. The van der Waals surface area contributed by atoms with Crippen molar-refractivity contribution in [1.29, 1.82) is 0 Å². The average Bonchev–Trinajstić information content (AvgIpc) is 2.30. The molecule has 0 aliphatic carbocycles. The fourth-order valence-electron chi connectivity index (χ4n) is 1.67. The lowest BCUT2D eigenvalue weighted by molar-refractivity contribution is 0.305. The Hall–Kier alpha value is -1.18. The zero-order valence-corrected chi connectivity index (χ0v) is 10.5. The Balaban J connectivity index is 2.86. The molecule has 0 heterocycles. The van der Waals surface area contributed by atoms with E-state index < -0.39 is 0 Å². The lowest BCUT2D eigenvalue weighted by atomic mass is 10.1. The predicted molar refractivity (Wildman–Crippen MR) is 67.3 cm³/mol. The third-order valence-corrected chi connectivity index (χ3v) is 2.78. The van der Waals surface area contributed by atoms with Crippen molar-refractivity contribution < 1.29 is 9.84 Å². The molecular weight excluding hydrogens is 200 g/mol. The van der Waals surface area contributed by atoms with Gasteiger partial charge < -0.3 is 9.84 Å². The van der Waals surface area contributed by atoms with E-state index in [0.717, 1.165) is 49.2 Å². The van der Waals surface area contributed by atoms with Gasteiger partial charge in [-0.2, -0.15) is 0 Å². The molecule has 1 N–H and O–H groups in total. The van der Waals surface area contributed by atoms with E-state index in [-0.39, 0.29) is 0 Å². The lowest BCUT2D eigenvalue weighted by Gasteiger charge is -2.13. The van der Waals surface area contributed by atoms with Crippen LogP contribution < -0.4 is 4.74 Å². The molecule has 1 aromatic carbocycles. The molecule has 0 aliphatic heterocycles. The Morgan fingerprint density at radius 1 is 1.06 bits per heavy atom. The molecule has 1 aromatic rings. The molecule has 0 saturated heterocycles. The summed E-state index contributed by atoms with van der Waals surface area (Å²) in [6.07, 6.45) is 3.94. The largest absolute Gasteiger partial charge is 0.508 e. The number of ether oxygens (including phenoxy) is 1. The highest BCUT2D eigenvalue weighted by molar-refractivity contribution is 5.45. The van der Waals surface area contributed by atoms with Gasteiger partial charge in [0.05, 0.1) is 6.61 Å². The number of hydrogen-bond donors (Lipinski definition) is 1. The van der Waals surface area contributed by atoms with E-state index in [9.17, 15) is 5.11 Å². The standard InChI is InChI=1S/C14H22O2/c1-4-7-8-16-14-10-11(5-2)13(15)9-12(14)6-3/h9-10,15H,4-8H2,1-3H3. The first-order valence-corrected chi connectivity index (χ1v) is 6.20. The van der Waals surface area contributed by atoms with Crippen LogP contribution in [0.2, 0.25) is 0 Å². The first-order chi connectivity index (χ1) is 7.72. The molecule has 16 heavy (non-hydrogen) atoms. The van der Waals surface area contributed by atoms with Gasteiger partial charge in [0.2, 0.25) is 0 Å². The molecular formula is C14H22O2. The maximum Gasteiger partial charge on any atom is 0.123 e. The van der Waals surface area contributed by atoms with Crippen molar-refractivity contribution in [2.75, 3.05) is 6.61 Å². The lowest BCUT2D eigenvalue weighted by Crippen LogP contribution is -2.00. The van der Waals surface area contributed by atoms with Crippen LogP contribution >= 0.6 is 0 Å². The SMILES string of the molecule is CCCCOc1cc(CC)c(O)cc1CC. The molecule has 0 saturated carbocycles. The van der Waals surface area contributed by atoms with Crippen molar-refractivity contribution in [3.8, 4) is 11.5 Å². The highest BCUT2D eigenvalue weighted by Crippen LogP contribution is 2.29. The second-order valence-electron chi connectivity index (χ2n) is 4.00. The summed E-state index contributed by atoms with van der Waals surface area (Å²) in [5.41, 5.74) is 2.05. The molecule has 0 spiro atoms.